The second-order valence-electron chi connectivity index (χ2n) is 7.86. The summed E-state index contributed by atoms with van der Waals surface area (Å²) >= 11 is 11.7. The molecule has 2 N–H and O–H groups in total. The number of hydrogen-bond donors (Lipinski definition) is 1. The van der Waals surface area contributed by atoms with E-state index >= 15 is 0 Å². The summed E-state index contributed by atoms with van der Waals surface area (Å²) < 4.78 is 74.6. The van der Waals surface area contributed by atoms with Crippen LogP contribution in [0.25, 0.3) is 0 Å². The molecule has 1 unspecified atom stereocenters. The van der Waals surface area contributed by atoms with Gasteiger partial charge in [-0.2, -0.15) is 26.3 Å². The fraction of sp³-hybridized carbons (Fsp3) is 0.583. The molecule has 0 saturated heterocycles. The van der Waals surface area contributed by atoms with Crippen LogP contribution in [0.15, 0.2) is 52.2 Å². The second-order valence-corrected chi connectivity index (χ2v) is 8.57. The average molecular weight is 567 g/mol. The van der Waals surface area contributed by atoms with E-state index in [0.717, 1.165) is 11.1 Å². The lowest BCUT2D eigenvalue weighted by Crippen LogP contribution is -2.50. The smallest absolute Gasteiger partial charge is 0.379 e. The van der Waals surface area contributed by atoms with Gasteiger partial charge in [0.2, 0.25) is 11.5 Å². The van der Waals surface area contributed by atoms with Crippen molar-refractivity contribution in [2.24, 2.45) is 22.7 Å². The van der Waals surface area contributed by atoms with Crippen LogP contribution in [0.1, 0.15) is 54.4 Å². The van der Waals surface area contributed by atoms with Crippen LogP contribution in [-0.2, 0) is 9.63 Å². The lowest BCUT2D eigenvalue weighted by molar-refractivity contribution is -0.281. The number of primary amides is 1. The fourth-order valence-electron chi connectivity index (χ4n) is 2.82. The lowest BCUT2D eigenvalue weighted by atomic mass is 9.81. The Morgan fingerprint density at radius 1 is 1.19 bits per heavy atom. The number of alkyl halides is 7. The molecule has 36 heavy (non-hydrogen) atoms. The first-order valence-electron chi connectivity index (χ1n) is 11.0. The summed E-state index contributed by atoms with van der Waals surface area (Å²) in [6.07, 6.45) is -4.61. The van der Waals surface area contributed by atoms with E-state index in [-0.39, 0.29) is 23.3 Å². The van der Waals surface area contributed by atoms with Crippen LogP contribution < -0.4 is 5.73 Å². The van der Waals surface area contributed by atoms with Crippen LogP contribution in [0.3, 0.4) is 0 Å². The van der Waals surface area contributed by atoms with E-state index < -0.39 is 36.2 Å². The lowest BCUT2D eigenvalue weighted by Gasteiger charge is -2.33. The Morgan fingerprint density at radius 3 is 2.08 bits per heavy atom. The van der Waals surface area contributed by atoms with E-state index in [0.29, 0.717) is 5.71 Å². The summed E-state index contributed by atoms with van der Waals surface area (Å²) in [5.41, 5.74) is 3.74. The van der Waals surface area contributed by atoms with Gasteiger partial charge in [-0.1, -0.05) is 80.4 Å². The number of hydrogen-bond acceptors (Lipinski definition) is 3. The molecule has 0 spiro atoms. The van der Waals surface area contributed by atoms with Crippen LogP contribution in [0.2, 0.25) is 0 Å². The zero-order chi connectivity index (χ0) is 28.9. The van der Waals surface area contributed by atoms with Crippen LogP contribution in [-0.4, -0.2) is 35.5 Å². The molecular formula is C24H34Cl2F6N2O2. The molecule has 1 rings (SSSR count). The van der Waals surface area contributed by atoms with Crippen LogP contribution in [0, 0.1) is 11.8 Å². The Hall–Kier alpha value is -1.94. The number of nitrogens with two attached hydrogens (primary N) is 1. The molecular weight excluding hydrogens is 533 g/mol. The van der Waals surface area contributed by atoms with Crippen molar-refractivity contribution in [1.29, 1.82) is 0 Å². The number of allylic oxidation sites excluding steroid dienone is 6. The number of nitrogens with zero attached hydrogens (tertiary/aromatic N) is 1. The summed E-state index contributed by atoms with van der Waals surface area (Å²) in [7, 11) is 0. The molecule has 1 aliphatic rings. The molecule has 0 aromatic rings. The average Bonchev–Trinajstić information content (AvgIpc) is 3.20. The van der Waals surface area contributed by atoms with Gasteiger partial charge in [0.1, 0.15) is 6.42 Å². The molecule has 1 aliphatic heterocycles. The van der Waals surface area contributed by atoms with Gasteiger partial charge in [0.25, 0.3) is 0 Å². The van der Waals surface area contributed by atoms with Crippen molar-refractivity contribution in [2.45, 2.75) is 72.3 Å². The maximum atomic E-state index is 13.9. The highest BCUT2D eigenvalue weighted by Gasteiger charge is 2.63. The van der Waals surface area contributed by atoms with Gasteiger partial charge in [-0.15, -0.1) is 11.6 Å². The first kappa shape index (κ1) is 36.2. The third-order valence-electron chi connectivity index (χ3n) is 4.72. The maximum Gasteiger partial charge on any atom is 0.431 e. The highest BCUT2D eigenvalue weighted by molar-refractivity contribution is 6.31. The Labute approximate surface area is 218 Å². The third kappa shape index (κ3) is 12.9. The maximum absolute atomic E-state index is 13.9. The molecule has 4 nitrogen and oxygen atoms in total. The number of carbonyl (C=O) groups excluding carboxylic acids is 1. The minimum absolute atomic E-state index is 0.187. The topological polar surface area (TPSA) is 64.7 Å². The van der Waals surface area contributed by atoms with Crippen molar-refractivity contribution in [3.05, 3.63) is 47.1 Å². The molecule has 12 heteroatoms. The summed E-state index contributed by atoms with van der Waals surface area (Å²) in [6.45, 7) is 14.4. The Kier molecular flexibility index (Phi) is 16.1. The molecule has 0 bridgehead atoms. The normalized spacial score (nSPS) is 20.6. The van der Waals surface area contributed by atoms with Crippen molar-refractivity contribution >= 4 is 34.8 Å². The minimum Gasteiger partial charge on any atom is -0.379 e. The highest BCUT2D eigenvalue weighted by Crippen LogP contribution is 2.47. The predicted octanol–water partition coefficient (Wildman–Crippen LogP) is 8.23. The quantitative estimate of drug-likeness (QED) is 0.183. The number of halogens is 8. The molecule has 1 heterocycles. The summed E-state index contributed by atoms with van der Waals surface area (Å²) in [5.74, 6) is -2.42. The summed E-state index contributed by atoms with van der Waals surface area (Å²) in [4.78, 5) is 14.5. The first-order valence-corrected chi connectivity index (χ1v) is 11.9. The van der Waals surface area contributed by atoms with E-state index in [2.05, 4.69) is 17.5 Å². The third-order valence-corrected chi connectivity index (χ3v) is 5.38. The monoisotopic (exact) mass is 566 g/mol. The zero-order valence-electron chi connectivity index (χ0n) is 21.2. The van der Waals surface area contributed by atoms with E-state index in [4.69, 9.17) is 28.0 Å². The fourth-order valence-corrected chi connectivity index (χ4v) is 3.28. The van der Waals surface area contributed by atoms with E-state index in [1.54, 1.807) is 26.0 Å². The Balaban J connectivity index is 0. The van der Waals surface area contributed by atoms with Gasteiger partial charge in [-0.3, -0.25) is 4.79 Å². The number of carbonyl (C=O) groups is 1. The first-order chi connectivity index (χ1) is 16.4. The predicted molar refractivity (Wildman–Crippen MR) is 134 cm³/mol. The van der Waals surface area contributed by atoms with Gasteiger partial charge in [0.05, 0.1) is 5.71 Å². The second kappa shape index (κ2) is 16.0. The van der Waals surface area contributed by atoms with Crippen molar-refractivity contribution < 1.29 is 36.0 Å². The van der Waals surface area contributed by atoms with Gasteiger partial charge in [-0.25, -0.2) is 0 Å². The molecule has 0 aromatic carbocycles. The van der Waals surface area contributed by atoms with Crippen molar-refractivity contribution in [3.8, 4) is 0 Å². The van der Waals surface area contributed by atoms with E-state index in [1.807, 2.05) is 26.8 Å². The molecule has 0 radical (unpaired) electrons. The molecule has 1 amide bonds. The molecule has 0 saturated carbocycles. The highest BCUT2D eigenvalue weighted by atomic mass is 35.5. The van der Waals surface area contributed by atoms with Crippen molar-refractivity contribution in [3.63, 3.8) is 0 Å². The largest absolute Gasteiger partial charge is 0.431 e. The molecule has 0 fully saturated rings. The molecule has 0 aromatic heterocycles. The number of rotatable bonds is 8. The van der Waals surface area contributed by atoms with Gasteiger partial charge in [0.15, 0.2) is 0 Å². The van der Waals surface area contributed by atoms with Gasteiger partial charge in [-0.05, 0) is 19.9 Å². The Bertz CT molecular complexity index is 849. The van der Waals surface area contributed by atoms with Crippen LogP contribution in [0.5, 0.6) is 0 Å². The van der Waals surface area contributed by atoms with Crippen LogP contribution in [0.4, 0.5) is 26.3 Å². The van der Waals surface area contributed by atoms with E-state index in [1.165, 1.54) is 13.0 Å². The SMILES string of the molecule is C=C/C(C)=C\[C@@H](C)C1=NOC([C@@H](C)/C=C(Cl)\C=C(/C)CCl)(C(F)(F)F)C1.CC.NC(=O)CC(F)(F)F. The van der Waals surface area contributed by atoms with E-state index in [9.17, 15) is 31.1 Å². The summed E-state index contributed by atoms with van der Waals surface area (Å²) in [6, 6.07) is 0. The molecule has 208 valence electrons. The van der Waals surface area contributed by atoms with Gasteiger partial charge >= 0.3 is 12.4 Å². The molecule has 3 atom stereocenters. The van der Waals surface area contributed by atoms with Crippen LogP contribution >= 0.6 is 23.2 Å². The van der Waals surface area contributed by atoms with Crippen molar-refractivity contribution in [1.82, 2.24) is 0 Å². The van der Waals surface area contributed by atoms with Gasteiger partial charge < -0.3 is 10.6 Å². The summed E-state index contributed by atoms with van der Waals surface area (Å²) in [5, 5.41) is 3.94. The number of amides is 1. The van der Waals surface area contributed by atoms with Gasteiger partial charge in [0, 0.05) is 29.2 Å². The minimum atomic E-state index is -4.60. The Morgan fingerprint density at radius 2 is 1.72 bits per heavy atom. The zero-order valence-corrected chi connectivity index (χ0v) is 22.7. The van der Waals surface area contributed by atoms with Crippen molar-refractivity contribution in [2.75, 3.05) is 5.88 Å². The number of oxime groups is 1. The standard InChI is InChI=1S/C19H24Cl2F3NO.C3H4F3NO.C2H6/c1-6-12(2)7-14(4)17-10-18(26-25-17,19(22,23)24)15(5)9-16(21)8-13(3)11-20;4-3(5,6)1-2(7)8;1-2/h6-9,14-15H,1,10-11H2,2-5H3;1H2,(H2,7,8);1-2H3/b12-7-,13-8+,16-9+;;/t14-,15+,18?;;/m1../s1. The molecule has 0 aliphatic carbocycles.